The zero-order valence-electron chi connectivity index (χ0n) is 12.9. The van der Waals surface area contributed by atoms with Gasteiger partial charge in [0.1, 0.15) is 0 Å². The van der Waals surface area contributed by atoms with Crippen molar-refractivity contribution < 1.29 is 9.84 Å². The third-order valence-electron chi connectivity index (χ3n) is 6.08. The summed E-state index contributed by atoms with van der Waals surface area (Å²) in [6.07, 6.45) is 12.7. The first kappa shape index (κ1) is 14.8. The second kappa shape index (κ2) is 6.33. The third kappa shape index (κ3) is 2.65. The molecule has 0 aromatic heterocycles. The molecule has 3 rings (SSSR count). The number of hydrogen-bond acceptors (Lipinski definition) is 3. The van der Waals surface area contributed by atoms with Gasteiger partial charge in [-0.05, 0) is 39.0 Å². The van der Waals surface area contributed by atoms with E-state index in [9.17, 15) is 5.11 Å². The lowest BCUT2D eigenvalue weighted by atomic mass is 9.60. The fourth-order valence-electron chi connectivity index (χ4n) is 4.86. The molecule has 3 saturated carbocycles. The maximum Gasteiger partial charge on any atom is 0.0693 e. The van der Waals surface area contributed by atoms with Crippen LogP contribution in [0.2, 0.25) is 0 Å². The van der Waals surface area contributed by atoms with Gasteiger partial charge in [-0.1, -0.05) is 32.1 Å². The lowest BCUT2D eigenvalue weighted by Gasteiger charge is -2.55. The van der Waals surface area contributed by atoms with Gasteiger partial charge in [-0.25, -0.2) is 0 Å². The zero-order valence-corrected chi connectivity index (χ0v) is 12.9. The fraction of sp³-hybridized carbons (Fsp3) is 1.00. The van der Waals surface area contributed by atoms with E-state index < -0.39 is 0 Å². The highest BCUT2D eigenvalue weighted by atomic mass is 16.5. The van der Waals surface area contributed by atoms with Crippen LogP contribution in [0.3, 0.4) is 0 Å². The molecule has 3 nitrogen and oxygen atoms in total. The molecular formula is C17H31NO2. The van der Waals surface area contributed by atoms with Gasteiger partial charge < -0.3 is 15.2 Å². The maximum absolute atomic E-state index is 10.3. The summed E-state index contributed by atoms with van der Waals surface area (Å²) in [5.74, 6) is 0. The van der Waals surface area contributed by atoms with Crippen LogP contribution in [0.5, 0.6) is 0 Å². The summed E-state index contributed by atoms with van der Waals surface area (Å²) in [6, 6.07) is 0.904. The van der Waals surface area contributed by atoms with Crippen LogP contribution in [0, 0.1) is 5.41 Å². The summed E-state index contributed by atoms with van der Waals surface area (Å²) in [5, 5.41) is 14.2. The summed E-state index contributed by atoms with van der Waals surface area (Å²) < 4.78 is 5.98. The van der Waals surface area contributed by atoms with Gasteiger partial charge in [-0.15, -0.1) is 0 Å². The molecule has 0 saturated heterocycles. The van der Waals surface area contributed by atoms with Gasteiger partial charge in [-0.3, -0.25) is 0 Å². The molecule has 0 radical (unpaired) electrons. The first-order valence-electron chi connectivity index (χ1n) is 8.82. The van der Waals surface area contributed by atoms with E-state index >= 15 is 0 Å². The van der Waals surface area contributed by atoms with Crippen LogP contribution in [-0.2, 0) is 4.74 Å². The topological polar surface area (TPSA) is 41.5 Å². The van der Waals surface area contributed by atoms with E-state index in [-0.39, 0.29) is 6.10 Å². The van der Waals surface area contributed by atoms with Crippen molar-refractivity contribution in [1.29, 1.82) is 0 Å². The average molecular weight is 281 g/mol. The second-order valence-corrected chi connectivity index (χ2v) is 7.15. The van der Waals surface area contributed by atoms with Crippen molar-refractivity contribution in [3.05, 3.63) is 0 Å². The van der Waals surface area contributed by atoms with Crippen LogP contribution in [0.1, 0.15) is 71.1 Å². The van der Waals surface area contributed by atoms with Crippen LogP contribution in [0.4, 0.5) is 0 Å². The molecule has 0 bridgehead atoms. The molecule has 0 heterocycles. The fourth-order valence-corrected chi connectivity index (χ4v) is 4.86. The molecule has 3 aliphatic rings. The average Bonchev–Trinajstić information content (AvgIpc) is 2.88. The molecule has 3 heteroatoms. The van der Waals surface area contributed by atoms with Crippen molar-refractivity contribution in [2.24, 2.45) is 5.41 Å². The van der Waals surface area contributed by atoms with Gasteiger partial charge in [-0.2, -0.15) is 0 Å². The summed E-state index contributed by atoms with van der Waals surface area (Å²) in [4.78, 5) is 0. The minimum absolute atomic E-state index is 0.137. The van der Waals surface area contributed by atoms with Gasteiger partial charge in [0.15, 0.2) is 0 Å². The molecule has 2 N–H and O–H groups in total. The van der Waals surface area contributed by atoms with Crippen LogP contribution in [0.15, 0.2) is 0 Å². The molecule has 0 aromatic carbocycles. The molecule has 116 valence electrons. The minimum Gasteiger partial charge on any atom is -0.392 e. The molecule has 0 aromatic rings. The van der Waals surface area contributed by atoms with Crippen LogP contribution >= 0.6 is 0 Å². The molecule has 3 aliphatic carbocycles. The lowest BCUT2D eigenvalue weighted by molar-refractivity contribution is -0.135. The van der Waals surface area contributed by atoms with Crippen molar-refractivity contribution in [1.82, 2.24) is 5.32 Å². The van der Waals surface area contributed by atoms with Crippen LogP contribution < -0.4 is 5.32 Å². The van der Waals surface area contributed by atoms with Crippen molar-refractivity contribution >= 4 is 0 Å². The first-order valence-corrected chi connectivity index (χ1v) is 8.82. The first-order chi connectivity index (χ1) is 9.76. The number of rotatable bonds is 4. The predicted molar refractivity (Wildman–Crippen MR) is 80.7 cm³/mol. The summed E-state index contributed by atoms with van der Waals surface area (Å²) in [7, 11) is 0. The number of hydrogen-bond donors (Lipinski definition) is 2. The SMILES string of the molecule is CCOC1CC(NC2CCCCCC2O)C12CCCC2. The molecule has 1 spiro atoms. The Morgan fingerprint density at radius 1 is 1.10 bits per heavy atom. The largest absolute Gasteiger partial charge is 0.392 e. The Morgan fingerprint density at radius 3 is 2.60 bits per heavy atom. The van der Waals surface area contributed by atoms with E-state index in [0.29, 0.717) is 23.6 Å². The summed E-state index contributed by atoms with van der Waals surface area (Å²) >= 11 is 0. The Morgan fingerprint density at radius 2 is 1.85 bits per heavy atom. The van der Waals surface area contributed by atoms with Crippen molar-refractivity contribution in [3.8, 4) is 0 Å². The summed E-state index contributed by atoms with van der Waals surface area (Å²) in [5.41, 5.74) is 0.391. The van der Waals surface area contributed by atoms with Gasteiger partial charge >= 0.3 is 0 Å². The predicted octanol–water partition coefficient (Wildman–Crippen LogP) is 3.01. The van der Waals surface area contributed by atoms with Gasteiger partial charge in [0.25, 0.3) is 0 Å². The van der Waals surface area contributed by atoms with Crippen LogP contribution in [0.25, 0.3) is 0 Å². The van der Waals surface area contributed by atoms with E-state index in [4.69, 9.17) is 4.74 Å². The zero-order chi connectivity index (χ0) is 14.0. The Bertz CT molecular complexity index is 314. The van der Waals surface area contributed by atoms with Crippen molar-refractivity contribution in [2.45, 2.75) is 95.4 Å². The van der Waals surface area contributed by atoms with E-state index in [0.717, 1.165) is 25.9 Å². The van der Waals surface area contributed by atoms with Gasteiger partial charge in [0.05, 0.1) is 12.2 Å². The van der Waals surface area contributed by atoms with Crippen molar-refractivity contribution in [2.75, 3.05) is 6.61 Å². The minimum atomic E-state index is -0.137. The number of nitrogens with one attached hydrogen (secondary N) is 1. The van der Waals surface area contributed by atoms with Crippen molar-refractivity contribution in [3.63, 3.8) is 0 Å². The molecule has 3 fully saturated rings. The summed E-state index contributed by atoms with van der Waals surface area (Å²) in [6.45, 7) is 2.95. The standard InChI is InChI=1S/C17H31NO2/c1-2-20-16-12-15(17(16)10-6-7-11-17)18-13-8-4-3-5-9-14(13)19/h13-16,18-19H,2-12H2,1H3. The molecule has 0 aliphatic heterocycles. The lowest BCUT2D eigenvalue weighted by Crippen LogP contribution is -2.65. The van der Waals surface area contributed by atoms with E-state index in [1.807, 2.05) is 0 Å². The molecule has 4 atom stereocenters. The third-order valence-corrected chi connectivity index (χ3v) is 6.08. The highest BCUT2D eigenvalue weighted by molar-refractivity contribution is 5.11. The Labute approximate surface area is 123 Å². The normalized spacial score (nSPS) is 40.5. The number of ether oxygens (including phenoxy) is 1. The molecule has 20 heavy (non-hydrogen) atoms. The Hall–Kier alpha value is -0.120. The highest BCUT2D eigenvalue weighted by Gasteiger charge is 2.57. The quantitative estimate of drug-likeness (QED) is 0.778. The van der Waals surface area contributed by atoms with E-state index in [1.54, 1.807) is 0 Å². The second-order valence-electron chi connectivity index (χ2n) is 7.15. The van der Waals surface area contributed by atoms with Gasteiger partial charge in [0, 0.05) is 24.1 Å². The Kier molecular flexibility index (Phi) is 4.68. The number of aliphatic hydroxyl groups is 1. The molecule has 4 unspecified atom stereocenters. The highest BCUT2D eigenvalue weighted by Crippen LogP contribution is 2.55. The Balaban J connectivity index is 1.62. The van der Waals surface area contributed by atoms with E-state index in [2.05, 4.69) is 12.2 Å². The van der Waals surface area contributed by atoms with E-state index in [1.165, 1.54) is 44.9 Å². The molecular weight excluding hydrogens is 250 g/mol. The number of aliphatic hydroxyl groups excluding tert-OH is 1. The molecule has 0 amide bonds. The maximum atomic E-state index is 10.3. The smallest absolute Gasteiger partial charge is 0.0693 e. The van der Waals surface area contributed by atoms with Crippen LogP contribution in [-0.4, -0.2) is 36.0 Å². The van der Waals surface area contributed by atoms with Gasteiger partial charge in [0.2, 0.25) is 0 Å². The monoisotopic (exact) mass is 281 g/mol.